The van der Waals surface area contributed by atoms with Crippen LogP contribution in [-0.4, -0.2) is 36.2 Å². The first kappa shape index (κ1) is 21.2. The summed E-state index contributed by atoms with van der Waals surface area (Å²) in [4.78, 5) is 12.8. The maximum absolute atomic E-state index is 13.8. The van der Waals surface area contributed by atoms with Crippen molar-refractivity contribution in [2.75, 3.05) is 18.2 Å². The Hall–Kier alpha value is -3.07. The number of ether oxygens (including phenoxy) is 1. The van der Waals surface area contributed by atoms with Gasteiger partial charge in [-0.15, -0.1) is 0 Å². The highest BCUT2D eigenvalue weighted by Gasteiger charge is 2.20. The average Bonchev–Trinajstić information content (AvgIpc) is 2.66. The van der Waals surface area contributed by atoms with Crippen LogP contribution >= 0.6 is 0 Å². The number of hydrogen-bond donors (Lipinski definition) is 1. The van der Waals surface area contributed by atoms with Gasteiger partial charge in [0.2, 0.25) is 5.95 Å². The Morgan fingerprint density at radius 2 is 2.00 bits per heavy atom. The number of rotatable bonds is 8. The summed E-state index contributed by atoms with van der Waals surface area (Å²) < 4.78 is 42.8. The van der Waals surface area contributed by atoms with E-state index >= 15 is 0 Å². The lowest BCUT2D eigenvalue weighted by Crippen LogP contribution is -2.19. The molecule has 3 aromatic rings. The number of benzene rings is 2. The van der Waals surface area contributed by atoms with Crippen LogP contribution in [0.2, 0.25) is 0 Å². The van der Waals surface area contributed by atoms with E-state index in [1.54, 1.807) is 30.3 Å². The quantitative estimate of drug-likeness (QED) is 0.560. The van der Waals surface area contributed by atoms with Crippen LogP contribution in [0.1, 0.15) is 24.8 Å². The zero-order valence-electron chi connectivity index (χ0n) is 17.1. The molecule has 0 amide bonds. The molecule has 162 valence electrons. The average molecular weight is 443 g/mol. The fourth-order valence-corrected chi connectivity index (χ4v) is 4.11. The summed E-state index contributed by atoms with van der Waals surface area (Å²) in [6.07, 6.45) is 6.02. The molecule has 0 aliphatic heterocycles. The van der Waals surface area contributed by atoms with Crippen LogP contribution in [0.4, 0.5) is 16.0 Å². The fraction of sp³-hybridized carbons (Fsp3) is 0.318. The van der Waals surface area contributed by atoms with Crippen molar-refractivity contribution in [1.82, 2.24) is 15.0 Å². The minimum absolute atomic E-state index is 0.0533. The summed E-state index contributed by atoms with van der Waals surface area (Å²) in [5, 5.41) is 3.07. The van der Waals surface area contributed by atoms with Crippen molar-refractivity contribution in [3.05, 3.63) is 60.2 Å². The largest absolute Gasteiger partial charge is 0.492 e. The van der Waals surface area contributed by atoms with Crippen molar-refractivity contribution in [2.24, 2.45) is 5.92 Å². The van der Waals surface area contributed by atoms with Gasteiger partial charge < -0.3 is 10.1 Å². The molecule has 0 radical (unpaired) electrons. The third-order valence-corrected chi connectivity index (χ3v) is 5.93. The topological polar surface area (TPSA) is 94.1 Å². The summed E-state index contributed by atoms with van der Waals surface area (Å²) in [6.45, 7) is 0.541. The van der Waals surface area contributed by atoms with Crippen molar-refractivity contribution in [2.45, 2.75) is 25.0 Å². The highest BCUT2D eigenvalue weighted by Crippen LogP contribution is 2.32. The van der Waals surface area contributed by atoms with Crippen LogP contribution in [0.25, 0.3) is 11.4 Å². The second-order valence-corrected chi connectivity index (χ2v) is 9.92. The van der Waals surface area contributed by atoms with Gasteiger partial charge in [-0.25, -0.2) is 22.8 Å². The van der Waals surface area contributed by atoms with Crippen molar-refractivity contribution < 1.29 is 17.5 Å². The Morgan fingerprint density at radius 3 is 2.74 bits per heavy atom. The third kappa shape index (κ3) is 5.75. The molecule has 1 fully saturated rings. The van der Waals surface area contributed by atoms with Crippen LogP contribution in [0.3, 0.4) is 0 Å². The van der Waals surface area contributed by atoms with E-state index in [0.29, 0.717) is 40.9 Å². The first-order chi connectivity index (χ1) is 14.9. The zero-order chi connectivity index (χ0) is 21.8. The summed E-state index contributed by atoms with van der Waals surface area (Å²) in [5.41, 5.74) is 1.89. The standard InChI is InChI=1S/C22H23FN4O3S/c1-31(28,29)13-16-6-3-7-18(10-16)26-22-25-14-24-21(27-22)19-9-8-17(23)11-20(19)30-12-15-4-2-5-15/h3,6-11,14-15H,2,4-5,12-13H2,1H3,(H,24,25,26,27). The molecule has 1 saturated carbocycles. The molecule has 0 spiro atoms. The SMILES string of the molecule is CS(=O)(=O)Cc1cccc(Nc2ncnc(-c3ccc(F)cc3OCC3CCC3)n2)c1. The van der Waals surface area contributed by atoms with Crippen LogP contribution in [0.5, 0.6) is 5.75 Å². The van der Waals surface area contributed by atoms with Gasteiger partial charge in [-0.05, 0) is 48.6 Å². The lowest BCUT2D eigenvalue weighted by Gasteiger charge is -2.25. The van der Waals surface area contributed by atoms with E-state index in [1.807, 2.05) is 0 Å². The summed E-state index contributed by atoms with van der Waals surface area (Å²) in [7, 11) is -3.14. The predicted molar refractivity (Wildman–Crippen MR) is 116 cm³/mol. The monoisotopic (exact) mass is 442 g/mol. The smallest absolute Gasteiger partial charge is 0.230 e. The summed E-state index contributed by atoms with van der Waals surface area (Å²) >= 11 is 0. The Kier molecular flexibility index (Phi) is 6.13. The second-order valence-electron chi connectivity index (χ2n) is 7.78. The van der Waals surface area contributed by atoms with Gasteiger partial charge in [0.05, 0.1) is 17.9 Å². The van der Waals surface area contributed by atoms with Gasteiger partial charge in [-0.2, -0.15) is 4.98 Å². The predicted octanol–water partition coefficient (Wildman–Crippen LogP) is 4.14. The molecule has 0 unspecified atom stereocenters. The molecular formula is C22H23FN4O3S. The first-order valence-corrected chi connectivity index (χ1v) is 12.1. The van der Waals surface area contributed by atoms with E-state index in [4.69, 9.17) is 4.74 Å². The number of aromatic nitrogens is 3. The maximum atomic E-state index is 13.8. The second kappa shape index (κ2) is 8.97. The van der Waals surface area contributed by atoms with E-state index in [1.165, 1.54) is 31.1 Å². The number of halogens is 1. The fourth-order valence-electron chi connectivity index (χ4n) is 3.32. The van der Waals surface area contributed by atoms with Gasteiger partial charge in [0.15, 0.2) is 15.7 Å². The number of anilines is 2. The highest BCUT2D eigenvalue weighted by molar-refractivity contribution is 7.89. The molecule has 0 atom stereocenters. The van der Waals surface area contributed by atoms with Gasteiger partial charge in [0.25, 0.3) is 0 Å². The van der Waals surface area contributed by atoms with Gasteiger partial charge >= 0.3 is 0 Å². The molecule has 1 N–H and O–H groups in total. The Labute approximate surface area is 180 Å². The van der Waals surface area contributed by atoms with E-state index in [-0.39, 0.29) is 17.5 Å². The maximum Gasteiger partial charge on any atom is 0.230 e. The lowest BCUT2D eigenvalue weighted by molar-refractivity contribution is 0.180. The molecule has 0 saturated heterocycles. The van der Waals surface area contributed by atoms with E-state index in [0.717, 1.165) is 12.8 Å². The zero-order valence-corrected chi connectivity index (χ0v) is 17.9. The molecule has 1 aliphatic carbocycles. The minimum Gasteiger partial charge on any atom is -0.492 e. The summed E-state index contributed by atoms with van der Waals surface area (Å²) in [6, 6.07) is 11.3. The number of nitrogens with zero attached hydrogens (tertiary/aromatic N) is 3. The Morgan fingerprint density at radius 1 is 1.16 bits per heavy atom. The van der Waals surface area contributed by atoms with Gasteiger partial charge in [0.1, 0.15) is 17.9 Å². The van der Waals surface area contributed by atoms with Crippen LogP contribution in [-0.2, 0) is 15.6 Å². The van der Waals surface area contributed by atoms with E-state index in [9.17, 15) is 12.8 Å². The highest BCUT2D eigenvalue weighted by atomic mass is 32.2. The molecule has 4 rings (SSSR count). The Bertz CT molecular complexity index is 1180. The van der Waals surface area contributed by atoms with Crippen molar-refractivity contribution in [3.8, 4) is 17.1 Å². The first-order valence-electron chi connectivity index (χ1n) is 10.0. The van der Waals surface area contributed by atoms with Crippen LogP contribution in [0, 0.1) is 11.7 Å². The number of nitrogens with one attached hydrogen (secondary N) is 1. The van der Waals surface area contributed by atoms with Gasteiger partial charge in [-0.3, -0.25) is 0 Å². The molecule has 1 aromatic heterocycles. The molecular weight excluding hydrogens is 419 g/mol. The van der Waals surface area contributed by atoms with E-state index in [2.05, 4.69) is 20.3 Å². The molecule has 31 heavy (non-hydrogen) atoms. The van der Waals surface area contributed by atoms with E-state index < -0.39 is 9.84 Å². The molecule has 1 aliphatic rings. The molecule has 0 bridgehead atoms. The minimum atomic E-state index is -3.14. The Balaban J connectivity index is 1.56. The number of sulfone groups is 1. The molecule has 7 nitrogen and oxygen atoms in total. The third-order valence-electron chi connectivity index (χ3n) is 5.07. The van der Waals surface area contributed by atoms with Crippen LogP contribution < -0.4 is 10.1 Å². The summed E-state index contributed by atoms with van der Waals surface area (Å²) in [5.74, 6) is 1.11. The van der Waals surface area contributed by atoms with Gasteiger partial charge in [-0.1, -0.05) is 18.6 Å². The number of hydrogen-bond acceptors (Lipinski definition) is 7. The van der Waals surface area contributed by atoms with Crippen LogP contribution in [0.15, 0.2) is 48.8 Å². The van der Waals surface area contributed by atoms with Crippen molar-refractivity contribution in [3.63, 3.8) is 0 Å². The molecule has 1 heterocycles. The van der Waals surface area contributed by atoms with Crippen molar-refractivity contribution in [1.29, 1.82) is 0 Å². The molecule has 2 aromatic carbocycles. The normalized spacial score (nSPS) is 14.1. The molecule has 9 heteroatoms. The lowest BCUT2D eigenvalue weighted by atomic mass is 9.86. The van der Waals surface area contributed by atoms with Gasteiger partial charge in [0, 0.05) is 18.0 Å². The van der Waals surface area contributed by atoms with Crippen molar-refractivity contribution >= 4 is 21.5 Å².